The van der Waals surface area contributed by atoms with Crippen LogP contribution >= 0.6 is 0 Å². The molecule has 4 rings (SSSR count). The molecule has 3 N–H and O–H groups in total. The van der Waals surface area contributed by atoms with Crippen LogP contribution in [-0.2, 0) is 4.79 Å². The quantitative estimate of drug-likeness (QED) is 0.599. The minimum atomic E-state index is -0.307. The number of nitrogens with one attached hydrogen (secondary N) is 3. The molecular weight excluding hydrogens is 350 g/mol. The number of aromatic nitrogens is 2. The Morgan fingerprint density at radius 1 is 0.926 bits per heavy atom. The molecule has 27 heavy (non-hydrogen) atoms. The zero-order valence-corrected chi connectivity index (χ0v) is 14.3. The Kier molecular flexibility index (Phi) is 4.37. The maximum atomic E-state index is 12.3. The molecule has 1 aliphatic rings. The zero-order chi connectivity index (χ0) is 18.8. The third-order valence-corrected chi connectivity index (χ3v) is 4.24. The minimum Gasteiger partial charge on any atom is -0.486 e. The molecule has 0 unspecified atom stereocenters. The zero-order valence-electron chi connectivity index (χ0n) is 14.3. The summed E-state index contributed by atoms with van der Waals surface area (Å²) in [6, 6.07) is 10.1. The summed E-state index contributed by atoms with van der Waals surface area (Å²) in [5.74, 6) is 0.741. The number of hydrogen-bond donors (Lipinski definition) is 3. The van der Waals surface area contributed by atoms with E-state index in [1.54, 1.807) is 36.4 Å². The van der Waals surface area contributed by atoms with Gasteiger partial charge in [0.05, 0.1) is 11.0 Å². The number of carbonyl (C=O) groups is 2. The summed E-state index contributed by atoms with van der Waals surface area (Å²) in [4.78, 5) is 41.0. The molecule has 0 spiro atoms. The molecular formula is C19H17N3O5. The van der Waals surface area contributed by atoms with Gasteiger partial charge < -0.3 is 24.8 Å². The van der Waals surface area contributed by atoms with Crippen LogP contribution < -0.4 is 20.5 Å². The van der Waals surface area contributed by atoms with Crippen LogP contribution in [0.4, 0.5) is 5.69 Å². The highest BCUT2D eigenvalue weighted by molar-refractivity contribution is 6.00. The SMILES string of the molecule is O=C(CCC(=O)c1ccc2c(c1)OCCO2)Nc1ccc2[nH]c(=O)[nH]c2c1. The summed E-state index contributed by atoms with van der Waals surface area (Å²) in [7, 11) is 0. The van der Waals surface area contributed by atoms with Gasteiger partial charge in [0.25, 0.3) is 0 Å². The van der Waals surface area contributed by atoms with E-state index in [2.05, 4.69) is 15.3 Å². The Labute approximate surface area is 153 Å². The van der Waals surface area contributed by atoms with Gasteiger partial charge in [-0.05, 0) is 36.4 Å². The lowest BCUT2D eigenvalue weighted by Gasteiger charge is -2.18. The number of H-pyrrole nitrogens is 2. The van der Waals surface area contributed by atoms with Gasteiger partial charge in [-0.3, -0.25) is 9.59 Å². The molecule has 8 heteroatoms. The van der Waals surface area contributed by atoms with E-state index in [1.165, 1.54) is 0 Å². The topological polar surface area (TPSA) is 113 Å². The van der Waals surface area contributed by atoms with Gasteiger partial charge in [-0.2, -0.15) is 0 Å². The average molecular weight is 367 g/mol. The molecule has 1 aromatic heterocycles. The van der Waals surface area contributed by atoms with Gasteiger partial charge in [-0.1, -0.05) is 0 Å². The van der Waals surface area contributed by atoms with E-state index < -0.39 is 0 Å². The Morgan fingerprint density at radius 2 is 1.70 bits per heavy atom. The standard InChI is InChI=1S/C19H17N3O5/c23-15(11-1-5-16-17(9-11)27-8-7-26-16)4-6-18(24)20-12-2-3-13-14(10-12)22-19(25)21-13/h1-3,5,9-10H,4,6-8H2,(H,20,24)(H2,21,22,25). The van der Waals surface area contributed by atoms with Crippen LogP contribution in [0.1, 0.15) is 23.2 Å². The number of Topliss-reactive ketones (excluding diaryl/α,β-unsaturated/α-hetero) is 1. The molecule has 0 radical (unpaired) electrons. The van der Waals surface area contributed by atoms with E-state index in [4.69, 9.17) is 9.47 Å². The van der Waals surface area contributed by atoms with Crippen molar-refractivity contribution in [2.45, 2.75) is 12.8 Å². The van der Waals surface area contributed by atoms with Crippen molar-refractivity contribution in [2.75, 3.05) is 18.5 Å². The molecule has 0 saturated carbocycles. The summed E-state index contributed by atoms with van der Waals surface area (Å²) in [5, 5.41) is 2.73. The third-order valence-electron chi connectivity index (χ3n) is 4.24. The normalized spacial score (nSPS) is 12.7. The number of benzene rings is 2. The number of carbonyl (C=O) groups excluding carboxylic acids is 2. The van der Waals surface area contributed by atoms with E-state index in [1.807, 2.05) is 0 Å². The van der Waals surface area contributed by atoms with Crippen molar-refractivity contribution in [2.24, 2.45) is 0 Å². The van der Waals surface area contributed by atoms with Crippen molar-refractivity contribution < 1.29 is 19.1 Å². The van der Waals surface area contributed by atoms with E-state index in [9.17, 15) is 14.4 Å². The number of anilines is 1. The number of ether oxygens (including phenoxy) is 2. The molecule has 2 heterocycles. The van der Waals surface area contributed by atoms with Gasteiger partial charge in [0.1, 0.15) is 13.2 Å². The second-order valence-electron chi connectivity index (χ2n) is 6.17. The van der Waals surface area contributed by atoms with Crippen molar-refractivity contribution in [1.82, 2.24) is 9.97 Å². The first-order chi connectivity index (χ1) is 13.1. The molecule has 3 aromatic rings. The lowest BCUT2D eigenvalue weighted by molar-refractivity contribution is -0.116. The van der Waals surface area contributed by atoms with Crippen LogP contribution in [0.5, 0.6) is 11.5 Å². The molecule has 0 saturated heterocycles. The summed E-state index contributed by atoms with van der Waals surface area (Å²) < 4.78 is 10.9. The smallest absolute Gasteiger partial charge is 0.323 e. The first-order valence-electron chi connectivity index (χ1n) is 8.53. The first-order valence-corrected chi connectivity index (χ1v) is 8.53. The van der Waals surface area contributed by atoms with Crippen LogP contribution in [0.15, 0.2) is 41.2 Å². The van der Waals surface area contributed by atoms with Crippen LogP contribution in [0.3, 0.4) is 0 Å². The van der Waals surface area contributed by atoms with Crippen molar-refractivity contribution >= 4 is 28.4 Å². The molecule has 0 bridgehead atoms. The maximum absolute atomic E-state index is 12.3. The van der Waals surface area contributed by atoms with Gasteiger partial charge in [-0.15, -0.1) is 0 Å². The van der Waals surface area contributed by atoms with Crippen molar-refractivity contribution in [3.05, 3.63) is 52.4 Å². The minimum absolute atomic E-state index is 0.0506. The number of amides is 1. The number of hydrogen-bond acceptors (Lipinski definition) is 5. The molecule has 138 valence electrons. The molecule has 0 aliphatic carbocycles. The van der Waals surface area contributed by atoms with Crippen molar-refractivity contribution in [1.29, 1.82) is 0 Å². The largest absolute Gasteiger partial charge is 0.486 e. The van der Waals surface area contributed by atoms with Gasteiger partial charge in [-0.25, -0.2) is 4.79 Å². The Morgan fingerprint density at radius 3 is 2.56 bits per heavy atom. The third kappa shape index (κ3) is 3.69. The Hall–Kier alpha value is -3.55. The fourth-order valence-electron chi connectivity index (χ4n) is 2.92. The highest BCUT2D eigenvalue weighted by atomic mass is 16.6. The second kappa shape index (κ2) is 6.99. The van der Waals surface area contributed by atoms with Gasteiger partial charge in [0.15, 0.2) is 17.3 Å². The lowest BCUT2D eigenvalue weighted by atomic mass is 10.1. The van der Waals surface area contributed by atoms with Crippen LogP contribution in [0, 0.1) is 0 Å². The average Bonchev–Trinajstić information content (AvgIpc) is 3.05. The Bertz CT molecular complexity index is 1080. The summed E-state index contributed by atoms with van der Waals surface area (Å²) in [6.45, 7) is 0.937. The number of imidazole rings is 1. The van der Waals surface area contributed by atoms with Crippen LogP contribution in [0.2, 0.25) is 0 Å². The van der Waals surface area contributed by atoms with E-state index in [0.29, 0.717) is 47.0 Å². The number of ketones is 1. The lowest BCUT2D eigenvalue weighted by Crippen LogP contribution is -2.16. The second-order valence-corrected chi connectivity index (χ2v) is 6.17. The van der Waals surface area contributed by atoms with Crippen molar-refractivity contribution in [3.63, 3.8) is 0 Å². The summed E-state index contributed by atoms with van der Waals surface area (Å²) in [5.41, 5.74) is 1.99. The first kappa shape index (κ1) is 16.9. The van der Waals surface area contributed by atoms with E-state index in [-0.39, 0.29) is 30.2 Å². The van der Waals surface area contributed by atoms with Gasteiger partial charge in [0.2, 0.25) is 5.91 Å². The van der Waals surface area contributed by atoms with Gasteiger partial charge in [0, 0.05) is 24.1 Å². The Balaban J connectivity index is 1.36. The molecule has 1 aliphatic heterocycles. The molecule has 2 aromatic carbocycles. The fraction of sp³-hybridized carbons (Fsp3) is 0.211. The van der Waals surface area contributed by atoms with E-state index >= 15 is 0 Å². The predicted molar refractivity (Wildman–Crippen MR) is 98.5 cm³/mol. The summed E-state index contributed by atoms with van der Waals surface area (Å²) >= 11 is 0. The monoisotopic (exact) mass is 367 g/mol. The number of rotatable bonds is 5. The highest BCUT2D eigenvalue weighted by Crippen LogP contribution is 2.31. The van der Waals surface area contributed by atoms with Crippen molar-refractivity contribution in [3.8, 4) is 11.5 Å². The summed E-state index contributed by atoms with van der Waals surface area (Å²) in [6.07, 6.45) is 0.129. The molecule has 1 amide bonds. The highest BCUT2D eigenvalue weighted by Gasteiger charge is 2.16. The predicted octanol–water partition coefficient (Wildman–Crippen LogP) is 2.23. The van der Waals surface area contributed by atoms with Crippen LogP contribution in [0.25, 0.3) is 11.0 Å². The van der Waals surface area contributed by atoms with Gasteiger partial charge >= 0.3 is 5.69 Å². The fourth-order valence-corrected chi connectivity index (χ4v) is 2.92. The molecule has 8 nitrogen and oxygen atoms in total. The number of fused-ring (bicyclic) bond motifs is 2. The number of aromatic amines is 2. The molecule has 0 atom stereocenters. The van der Waals surface area contributed by atoms with Crippen LogP contribution in [-0.4, -0.2) is 34.9 Å². The molecule has 0 fully saturated rings. The van der Waals surface area contributed by atoms with E-state index in [0.717, 1.165) is 0 Å². The maximum Gasteiger partial charge on any atom is 0.323 e.